The molecule has 0 fully saturated rings. The van der Waals surface area contributed by atoms with E-state index in [2.05, 4.69) is 4.98 Å². The molecular weight excluding hydrogens is 294 g/mol. The number of nitrogens with two attached hydrogens (primary N) is 1. The first-order valence-electron chi connectivity index (χ1n) is 7.16. The number of imidazole rings is 1. The van der Waals surface area contributed by atoms with Gasteiger partial charge in [-0.15, -0.1) is 0 Å². The second-order valence-corrected chi connectivity index (χ2v) is 5.27. The third-order valence-corrected chi connectivity index (χ3v) is 3.83. The second kappa shape index (κ2) is 5.64. The summed E-state index contributed by atoms with van der Waals surface area (Å²) < 4.78 is 6.87. The van der Waals surface area contributed by atoms with Crippen molar-refractivity contribution in [3.63, 3.8) is 0 Å². The molecule has 1 heterocycles. The van der Waals surface area contributed by atoms with Crippen molar-refractivity contribution in [1.29, 1.82) is 0 Å². The highest BCUT2D eigenvalue weighted by Gasteiger charge is 2.22. The van der Waals surface area contributed by atoms with Crippen LogP contribution in [0.1, 0.15) is 13.0 Å². The molecule has 3 N–H and O–H groups in total. The van der Waals surface area contributed by atoms with Gasteiger partial charge in [0.1, 0.15) is 17.6 Å². The van der Waals surface area contributed by atoms with E-state index in [1.807, 2.05) is 30.3 Å². The smallest absolute Gasteiger partial charge is 0.326 e. The summed E-state index contributed by atoms with van der Waals surface area (Å²) >= 11 is 0. The molecule has 3 rings (SSSR count). The van der Waals surface area contributed by atoms with Gasteiger partial charge in [-0.3, -0.25) is 0 Å². The average Bonchev–Trinajstić information content (AvgIpc) is 2.93. The fraction of sp³-hybridized carbons (Fsp3) is 0.176. The number of rotatable bonds is 4. The third-order valence-electron chi connectivity index (χ3n) is 3.83. The van der Waals surface area contributed by atoms with Crippen LogP contribution >= 0.6 is 0 Å². The predicted octanol–water partition coefficient (Wildman–Crippen LogP) is 2.94. The number of carboxylic acids is 1. The second-order valence-electron chi connectivity index (χ2n) is 5.27. The molecule has 0 bridgehead atoms. The van der Waals surface area contributed by atoms with Crippen molar-refractivity contribution >= 4 is 22.7 Å². The first kappa shape index (κ1) is 14.9. The largest absolute Gasteiger partial charge is 0.495 e. The van der Waals surface area contributed by atoms with Crippen LogP contribution in [0.15, 0.2) is 42.5 Å². The molecule has 1 aromatic heterocycles. The van der Waals surface area contributed by atoms with E-state index in [1.54, 1.807) is 30.7 Å². The predicted molar refractivity (Wildman–Crippen MR) is 88.5 cm³/mol. The lowest BCUT2D eigenvalue weighted by Crippen LogP contribution is -2.16. The minimum Gasteiger partial charge on any atom is -0.495 e. The van der Waals surface area contributed by atoms with Crippen molar-refractivity contribution in [2.24, 2.45) is 0 Å². The van der Waals surface area contributed by atoms with Crippen LogP contribution in [-0.2, 0) is 4.79 Å². The molecule has 0 amide bonds. The van der Waals surface area contributed by atoms with E-state index in [-0.39, 0.29) is 0 Å². The highest BCUT2D eigenvalue weighted by atomic mass is 16.5. The number of aromatic nitrogens is 2. The summed E-state index contributed by atoms with van der Waals surface area (Å²) in [4.78, 5) is 16.1. The molecule has 0 saturated heterocycles. The van der Waals surface area contributed by atoms with Gasteiger partial charge in [0.2, 0.25) is 0 Å². The van der Waals surface area contributed by atoms with Gasteiger partial charge in [-0.1, -0.05) is 12.1 Å². The van der Waals surface area contributed by atoms with Gasteiger partial charge in [0.25, 0.3) is 0 Å². The molecule has 118 valence electrons. The standard InChI is InChI=1S/C17H17N3O3/c1-10(17(21)22)20-14-6-4-3-5-13(14)19-16(20)11-7-8-15(23-2)12(18)9-11/h3-10H,18H2,1-2H3,(H,21,22). The highest BCUT2D eigenvalue weighted by molar-refractivity contribution is 5.84. The van der Waals surface area contributed by atoms with Crippen molar-refractivity contribution in [3.8, 4) is 17.1 Å². The SMILES string of the molecule is COc1ccc(-c2nc3ccccc3n2C(C)C(=O)O)cc1N. The number of nitrogens with zero attached hydrogens (tertiary/aromatic N) is 2. The molecule has 1 atom stereocenters. The Balaban J connectivity index is 2.26. The number of aliphatic carboxylic acids is 1. The molecule has 6 heteroatoms. The maximum Gasteiger partial charge on any atom is 0.326 e. The lowest BCUT2D eigenvalue weighted by atomic mass is 10.1. The van der Waals surface area contributed by atoms with Crippen LogP contribution in [0.2, 0.25) is 0 Å². The molecule has 1 unspecified atom stereocenters. The number of anilines is 1. The molecule has 0 aliphatic carbocycles. The first-order valence-corrected chi connectivity index (χ1v) is 7.16. The van der Waals surface area contributed by atoms with Crippen LogP contribution < -0.4 is 10.5 Å². The van der Waals surface area contributed by atoms with Gasteiger partial charge < -0.3 is 20.1 Å². The maximum absolute atomic E-state index is 11.5. The van der Waals surface area contributed by atoms with E-state index >= 15 is 0 Å². The van der Waals surface area contributed by atoms with Gasteiger partial charge in [-0.25, -0.2) is 9.78 Å². The van der Waals surface area contributed by atoms with E-state index in [1.165, 1.54) is 0 Å². The number of fused-ring (bicyclic) bond motifs is 1. The number of hydrogen-bond donors (Lipinski definition) is 2. The van der Waals surface area contributed by atoms with E-state index in [0.717, 1.165) is 16.6 Å². The normalized spacial score (nSPS) is 12.3. The summed E-state index contributed by atoms with van der Waals surface area (Å²) in [6.45, 7) is 1.63. The zero-order valence-electron chi connectivity index (χ0n) is 12.9. The number of methoxy groups -OCH3 is 1. The molecule has 2 aromatic carbocycles. The van der Waals surface area contributed by atoms with Gasteiger partial charge in [0.05, 0.1) is 23.8 Å². The van der Waals surface area contributed by atoms with Crippen LogP contribution in [-0.4, -0.2) is 27.7 Å². The number of para-hydroxylation sites is 2. The fourth-order valence-electron chi connectivity index (χ4n) is 2.62. The van der Waals surface area contributed by atoms with Gasteiger partial charge in [-0.05, 0) is 37.3 Å². The zero-order chi connectivity index (χ0) is 16.6. The molecule has 0 radical (unpaired) electrons. The number of carboxylic acid groups (broad SMARTS) is 1. The Morgan fingerprint density at radius 2 is 2.04 bits per heavy atom. The summed E-state index contributed by atoms with van der Waals surface area (Å²) in [5.41, 5.74) is 8.70. The van der Waals surface area contributed by atoms with Crippen molar-refractivity contribution < 1.29 is 14.6 Å². The fourth-order valence-corrected chi connectivity index (χ4v) is 2.62. The number of carbonyl (C=O) groups is 1. The van der Waals surface area contributed by atoms with Crippen molar-refractivity contribution in [2.75, 3.05) is 12.8 Å². The Kier molecular flexibility index (Phi) is 3.65. The Morgan fingerprint density at radius 1 is 1.30 bits per heavy atom. The summed E-state index contributed by atoms with van der Waals surface area (Å²) in [7, 11) is 1.55. The lowest BCUT2D eigenvalue weighted by Gasteiger charge is -2.14. The van der Waals surface area contributed by atoms with E-state index < -0.39 is 12.0 Å². The van der Waals surface area contributed by atoms with Crippen molar-refractivity contribution in [1.82, 2.24) is 9.55 Å². The Morgan fingerprint density at radius 3 is 2.70 bits per heavy atom. The lowest BCUT2D eigenvalue weighted by molar-refractivity contribution is -0.140. The maximum atomic E-state index is 11.5. The van der Waals surface area contributed by atoms with Gasteiger partial charge in [-0.2, -0.15) is 0 Å². The molecule has 23 heavy (non-hydrogen) atoms. The minimum atomic E-state index is -0.920. The van der Waals surface area contributed by atoms with E-state index in [9.17, 15) is 9.90 Å². The third kappa shape index (κ3) is 2.48. The van der Waals surface area contributed by atoms with Crippen LogP contribution in [0.25, 0.3) is 22.4 Å². The summed E-state index contributed by atoms with van der Waals surface area (Å²) in [6, 6.07) is 12.0. The zero-order valence-corrected chi connectivity index (χ0v) is 12.9. The molecule has 3 aromatic rings. The topological polar surface area (TPSA) is 90.4 Å². The number of ether oxygens (including phenoxy) is 1. The number of nitrogen functional groups attached to an aromatic ring is 1. The van der Waals surface area contributed by atoms with E-state index in [4.69, 9.17) is 10.5 Å². The molecule has 0 aliphatic rings. The Hall–Kier alpha value is -3.02. The van der Waals surface area contributed by atoms with Gasteiger partial charge in [0, 0.05) is 5.56 Å². The molecular formula is C17H17N3O3. The van der Waals surface area contributed by atoms with Crippen molar-refractivity contribution in [2.45, 2.75) is 13.0 Å². The molecule has 0 spiro atoms. The van der Waals surface area contributed by atoms with Crippen LogP contribution in [0.3, 0.4) is 0 Å². The number of hydrogen-bond acceptors (Lipinski definition) is 4. The molecule has 0 aliphatic heterocycles. The van der Waals surface area contributed by atoms with E-state index in [0.29, 0.717) is 17.3 Å². The minimum absolute atomic E-state index is 0.478. The highest BCUT2D eigenvalue weighted by Crippen LogP contribution is 2.32. The summed E-state index contributed by atoms with van der Waals surface area (Å²) in [6.07, 6.45) is 0. The van der Waals surface area contributed by atoms with Gasteiger partial charge in [0.15, 0.2) is 0 Å². The number of benzene rings is 2. The van der Waals surface area contributed by atoms with Crippen molar-refractivity contribution in [3.05, 3.63) is 42.5 Å². The summed E-state index contributed by atoms with van der Waals surface area (Å²) in [5.74, 6) is 0.217. The van der Waals surface area contributed by atoms with Crippen LogP contribution in [0.4, 0.5) is 5.69 Å². The molecule has 0 saturated carbocycles. The average molecular weight is 311 g/mol. The quantitative estimate of drug-likeness (QED) is 0.723. The van der Waals surface area contributed by atoms with Crippen LogP contribution in [0.5, 0.6) is 5.75 Å². The Labute approximate surface area is 133 Å². The van der Waals surface area contributed by atoms with Gasteiger partial charge >= 0.3 is 5.97 Å². The molecule has 6 nitrogen and oxygen atoms in total. The first-order chi connectivity index (χ1) is 11.0. The summed E-state index contributed by atoms with van der Waals surface area (Å²) in [5, 5.41) is 9.43. The Bertz CT molecular complexity index is 886. The van der Waals surface area contributed by atoms with Crippen LogP contribution in [0, 0.1) is 0 Å². The monoisotopic (exact) mass is 311 g/mol.